The van der Waals surface area contributed by atoms with E-state index >= 15 is 0 Å². The minimum atomic E-state index is -0.753. The third-order valence-corrected chi connectivity index (χ3v) is 1.96. The Labute approximate surface area is 90.5 Å². The minimum absolute atomic E-state index is 0.500. The van der Waals surface area contributed by atoms with Crippen LogP contribution in [-0.2, 0) is 0 Å². The quantitative estimate of drug-likeness (QED) is 0.813. The number of nitrogens with zero attached hydrogens (tertiary/aromatic N) is 2. The molecule has 0 saturated carbocycles. The van der Waals surface area contributed by atoms with Crippen LogP contribution in [0, 0.1) is 0 Å². The molecule has 1 heterocycles. The molecule has 0 spiro atoms. The van der Waals surface area contributed by atoms with E-state index in [-0.39, 0.29) is 0 Å². The smallest absolute Gasteiger partial charge is 0.171 e. The van der Waals surface area contributed by atoms with Crippen LogP contribution < -0.4 is 9.64 Å². The Hall–Kier alpha value is -1.29. The fraction of sp³-hybridized carbons (Fsp3) is 0.545. The molecule has 4 nitrogen and oxygen atoms in total. The fourth-order valence-corrected chi connectivity index (χ4v) is 1.48. The Kier molecular flexibility index (Phi) is 3.52. The lowest BCUT2D eigenvalue weighted by molar-refractivity contribution is 0.0883. The summed E-state index contributed by atoms with van der Waals surface area (Å²) >= 11 is 0. The summed E-state index contributed by atoms with van der Waals surface area (Å²) in [6.45, 7) is 4.03. The molecule has 1 rings (SSSR count). The molecular formula is C11H18N2O2. The maximum Gasteiger partial charge on any atom is 0.171 e. The van der Waals surface area contributed by atoms with E-state index in [1.54, 1.807) is 27.2 Å². The number of anilines is 1. The molecule has 1 aromatic heterocycles. The van der Waals surface area contributed by atoms with Crippen molar-refractivity contribution >= 4 is 5.82 Å². The molecule has 15 heavy (non-hydrogen) atoms. The molecule has 4 heteroatoms. The van der Waals surface area contributed by atoms with Crippen LogP contribution in [0.15, 0.2) is 18.3 Å². The van der Waals surface area contributed by atoms with Crippen molar-refractivity contribution in [3.05, 3.63) is 18.3 Å². The van der Waals surface area contributed by atoms with Crippen molar-refractivity contribution in [3.63, 3.8) is 0 Å². The van der Waals surface area contributed by atoms with Crippen molar-refractivity contribution in [2.45, 2.75) is 19.4 Å². The summed E-state index contributed by atoms with van der Waals surface area (Å²) < 4.78 is 5.20. The first kappa shape index (κ1) is 11.8. The van der Waals surface area contributed by atoms with Gasteiger partial charge in [-0.1, -0.05) is 0 Å². The van der Waals surface area contributed by atoms with Gasteiger partial charge in [0.2, 0.25) is 0 Å². The number of aliphatic hydroxyl groups is 1. The van der Waals surface area contributed by atoms with Gasteiger partial charge in [0.25, 0.3) is 0 Å². The number of ether oxygens (including phenoxy) is 1. The Morgan fingerprint density at radius 3 is 2.73 bits per heavy atom. The summed E-state index contributed by atoms with van der Waals surface area (Å²) in [6.07, 6.45) is 1.71. The van der Waals surface area contributed by atoms with Crippen LogP contribution in [-0.4, -0.2) is 36.4 Å². The molecule has 0 radical (unpaired) electrons. The molecule has 0 aromatic carbocycles. The van der Waals surface area contributed by atoms with Crippen molar-refractivity contribution in [1.29, 1.82) is 0 Å². The topological polar surface area (TPSA) is 45.6 Å². The molecule has 0 aliphatic heterocycles. The van der Waals surface area contributed by atoms with Crippen molar-refractivity contribution in [1.82, 2.24) is 4.98 Å². The molecule has 0 atom stereocenters. The Morgan fingerprint density at radius 1 is 1.53 bits per heavy atom. The predicted octanol–water partition coefficient (Wildman–Crippen LogP) is 1.30. The van der Waals surface area contributed by atoms with Gasteiger partial charge in [-0.15, -0.1) is 0 Å². The van der Waals surface area contributed by atoms with Crippen LogP contribution in [0.25, 0.3) is 0 Å². The van der Waals surface area contributed by atoms with Gasteiger partial charge in [-0.05, 0) is 26.0 Å². The fourth-order valence-electron chi connectivity index (χ4n) is 1.48. The number of aromatic nitrogens is 1. The van der Waals surface area contributed by atoms with Gasteiger partial charge in [0.05, 0.1) is 12.7 Å². The monoisotopic (exact) mass is 210 g/mol. The van der Waals surface area contributed by atoms with Gasteiger partial charge >= 0.3 is 0 Å². The Balaban J connectivity index is 2.86. The molecule has 0 fully saturated rings. The highest BCUT2D eigenvalue weighted by Crippen LogP contribution is 2.24. The lowest BCUT2D eigenvalue weighted by Gasteiger charge is -2.27. The number of hydrogen-bond acceptors (Lipinski definition) is 4. The Morgan fingerprint density at radius 2 is 2.20 bits per heavy atom. The highest BCUT2D eigenvalue weighted by atomic mass is 16.5. The third kappa shape index (κ3) is 3.40. The standard InChI is InChI=1S/C11H18N2O2/c1-11(2,14)8-13(3)10-9(15-4)6-5-7-12-10/h5-7,14H,8H2,1-4H3. The second-order valence-corrected chi connectivity index (χ2v) is 4.20. The van der Waals surface area contributed by atoms with E-state index in [2.05, 4.69) is 4.98 Å². The molecule has 0 unspecified atom stereocenters. The van der Waals surface area contributed by atoms with Crippen molar-refractivity contribution in [3.8, 4) is 5.75 Å². The van der Waals surface area contributed by atoms with Gasteiger partial charge in [-0.2, -0.15) is 0 Å². The van der Waals surface area contributed by atoms with E-state index in [0.717, 1.165) is 5.82 Å². The van der Waals surface area contributed by atoms with Crippen LogP contribution in [0.1, 0.15) is 13.8 Å². The molecule has 0 bridgehead atoms. The number of rotatable bonds is 4. The van der Waals surface area contributed by atoms with Crippen LogP contribution >= 0.6 is 0 Å². The molecule has 0 saturated heterocycles. The van der Waals surface area contributed by atoms with Gasteiger partial charge in [-0.25, -0.2) is 4.98 Å². The molecular weight excluding hydrogens is 192 g/mol. The molecule has 0 amide bonds. The normalized spacial score (nSPS) is 11.3. The largest absolute Gasteiger partial charge is 0.493 e. The van der Waals surface area contributed by atoms with E-state index in [4.69, 9.17) is 4.74 Å². The first-order valence-corrected chi connectivity index (χ1v) is 4.86. The molecule has 1 N–H and O–H groups in total. The van der Waals surface area contributed by atoms with E-state index in [0.29, 0.717) is 12.3 Å². The minimum Gasteiger partial charge on any atom is -0.493 e. The average molecular weight is 210 g/mol. The van der Waals surface area contributed by atoms with Crippen LogP contribution in [0.5, 0.6) is 5.75 Å². The van der Waals surface area contributed by atoms with Gasteiger partial charge in [0, 0.05) is 19.8 Å². The lowest BCUT2D eigenvalue weighted by Crippen LogP contribution is -2.36. The third-order valence-electron chi connectivity index (χ3n) is 1.96. The summed E-state index contributed by atoms with van der Waals surface area (Å²) in [5.74, 6) is 1.45. The number of methoxy groups -OCH3 is 1. The van der Waals surface area contributed by atoms with Gasteiger partial charge in [0.15, 0.2) is 11.6 Å². The first-order chi connectivity index (χ1) is 6.94. The van der Waals surface area contributed by atoms with E-state index in [1.807, 2.05) is 24.1 Å². The number of hydrogen-bond donors (Lipinski definition) is 1. The maximum atomic E-state index is 9.70. The molecule has 0 aliphatic carbocycles. The first-order valence-electron chi connectivity index (χ1n) is 4.86. The predicted molar refractivity (Wildman–Crippen MR) is 60.4 cm³/mol. The second-order valence-electron chi connectivity index (χ2n) is 4.20. The van der Waals surface area contributed by atoms with Gasteiger partial charge in [-0.3, -0.25) is 0 Å². The average Bonchev–Trinajstić information content (AvgIpc) is 2.15. The van der Waals surface area contributed by atoms with Gasteiger partial charge < -0.3 is 14.7 Å². The van der Waals surface area contributed by atoms with Crippen LogP contribution in [0.3, 0.4) is 0 Å². The van der Waals surface area contributed by atoms with Crippen molar-refractivity contribution < 1.29 is 9.84 Å². The molecule has 84 valence electrons. The van der Waals surface area contributed by atoms with E-state index in [1.165, 1.54) is 0 Å². The zero-order valence-electron chi connectivity index (χ0n) is 9.69. The van der Waals surface area contributed by atoms with Crippen LogP contribution in [0.4, 0.5) is 5.82 Å². The SMILES string of the molecule is COc1cccnc1N(C)CC(C)(C)O. The maximum absolute atomic E-state index is 9.70. The zero-order valence-corrected chi connectivity index (χ0v) is 9.69. The molecule has 1 aromatic rings. The lowest BCUT2D eigenvalue weighted by atomic mass is 10.1. The zero-order chi connectivity index (χ0) is 11.5. The summed E-state index contributed by atoms with van der Waals surface area (Å²) in [5.41, 5.74) is -0.753. The van der Waals surface area contributed by atoms with Crippen molar-refractivity contribution in [2.75, 3.05) is 25.6 Å². The highest BCUT2D eigenvalue weighted by molar-refractivity contribution is 5.51. The van der Waals surface area contributed by atoms with Crippen LogP contribution in [0.2, 0.25) is 0 Å². The Bertz CT molecular complexity index is 321. The van der Waals surface area contributed by atoms with E-state index in [9.17, 15) is 5.11 Å². The number of likely N-dealkylation sites (N-methyl/N-ethyl adjacent to an activating group) is 1. The summed E-state index contributed by atoms with van der Waals surface area (Å²) in [4.78, 5) is 6.10. The van der Waals surface area contributed by atoms with E-state index < -0.39 is 5.60 Å². The summed E-state index contributed by atoms with van der Waals surface area (Å²) in [7, 11) is 3.49. The molecule has 0 aliphatic rings. The summed E-state index contributed by atoms with van der Waals surface area (Å²) in [5, 5.41) is 9.70. The second kappa shape index (κ2) is 4.49. The highest BCUT2D eigenvalue weighted by Gasteiger charge is 2.18. The van der Waals surface area contributed by atoms with Gasteiger partial charge in [0.1, 0.15) is 0 Å². The number of pyridine rings is 1. The summed E-state index contributed by atoms with van der Waals surface area (Å²) in [6, 6.07) is 3.67. The van der Waals surface area contributed by atoms with Crippen molar-refractivity contribution in [2.24, 2.45) is 0 Å².